The van der Waals surface area contributed by atoms with E-state index in [1.54, 1.807) is 6.07 Å². The van der Waals surface area contributed by atoms with E-state index < -0.39 is 29.0 Å². The van der Waals surface area contributed by atoms with E-state index in [-0.39, 0.29) is 5.56 Å². The van der Waals surface area contributed by atoms with Crippen LogP contribution in [0.2, 0.25) is 0 Å². The van der Waals surface area contributed by atoms with Crippen LogP contribution in [0.1, 0.15) is 24.2 Å². The maximum absolute atomic E-state index is 13.6. The van der Waals surface area contributed by atoms with E-state index in [0.717, 1.165) is 12.1 Å². The fourth-order valence-corrected chi connectivity index (χ4v) is 2.00. The third-order valence-corrected chi connectivity index (χ3v) is 3.28. The molecule has 1 amide bonds. The molecule has 0 radical (unpaired) electrons. The zero-order valence-corrected chi connectivity index (χ0v) is 14.0. The van der Waals surface area contributed by atoms with Crippen LogP contribution in [0.25, 0.3) is 0 Å². The van der Waals surface area contributed by atoms with Gasteiger partial charge >= 0.3 is 0 Å². The molecule has 0 aliphatic carbocycles. The first-order valence-electron chi connectivity index (χ1n) is 7.59. The van der Waals surface area contributed by atoms with Crippen LogP contribution < -0.4 is 14.8 Å². The Balaban J connectivity index is 2.21. The number of nitrogens with one attached hydrogen (secondary N) is 1. The summed E-state index contributed by atoms with van der Waals surface area (Å²) in [5.74, 6) is -4.03. The van der Waals surface area contributed by atoms with Gasteiger partial charge in [0.25, 0.3) is 5.91 Å². The van der Waals surface area contributed by atoms with Gasteiger partial charge in [-0.25, -0.2) is 13.2 Å². The summed E-state index contributed by atoms with van der Waals surface area (Å²) in [6.07, 6.45) is 0. The molecule has 1 N–H and O–H groups in total. The lowest BCUT2D eigenvalue weighted by atomic mass is 10.1. The minimum absolute atomic E-state index is 0.151. The Morgan fingerprint density at radius 1 is 1.08 bits per heavy atom. The Hall–Kier alpha value is -2.70. The second-order valence-corrected chi connectivity index (χ2v) is 5.75. The van der Waals surface area contributed by atoms with Crippen LogP contribution in [0, 0.1) is 23.4 Å². The molecule has 0 fully saturated rings. The molecule has 25 heavy (non-hydrogen) atoms. The number of halogens is 3. The Morgan fingerprint density at radius 3 is 2.44 bits per heavy atom. The van der Waals surface area contributed by atoms with Gasteiger partial charge in [-0.2, -0.15) is 0 Å². The molecular formula is C18H18F3NO3. The van der Waals surface area contributed by atoms with Crippen LogP contribution in [-0.2, 0) is 0 Å². The van der Waals surface area contributed by atoms with Gasteiger partial charge < -0.3 is 14.8 Å². The van der Waals surface area contributed by atoms with Gasteiger partial charge in [-0.1, -0.05) is 13.8 Å². The molecule has 0 aromatic heterocycles. The second kappa shape index (κ2) is 7.92. The lowest BCUT2D eigenvalue weighted by Gasteiger charge is -2.14. The largest absolute Gasteiger partial charge is 0.493 e. The van der Waals surface area contributed by atoms with E-state index >= 15 is 0 Å². The van der Waals surface area contributed by atoms with Gasteiger partial charge in [0.2, 0.25) is 0 Å². The van der Waals surface area contributed by atoms with E-state index in [9.17, 15) is 18.0 Å². The molecule has 0 saturated heterocycles. The highest BCUT2D eigenvalue weighted by Gasteiger charge is 2.17. The topological polar surface area (TPSA) is 47.6 Å². The van der Waals surface area contributed by atoms with Crippen molar-refractivity contribution in [3.8, 4) is 11.5 Å². The lowest BCUT2D eigenvalue weighted by Crippen LogP contribution is -2.14. The van der Waals surface area contributed by atoms with E-state index in [0.29, 0.717) is 24.0 Å². The Labute approximate surface area is 143 Å². The van der Waals surface area contributed by atoms with E-state index in [1.165, 1.54) is 19.2 Å². The number of hydrogen-bond acceptors (Lipinski definition) is 3. The smallest absolute Gasteiger partial charge is 0.255 e. The number of carbonyl (C=O) groups excluding carboxylic acids is 1. The predicted molar refractivity (Wildman–Crippen MR) is 87.6 cm³/mol. The third-order valence-electron chi connectivity index (χ3n) is 3.28. The van der Waals surface area contributed by atoms with E-state index in [4.69, 9.17) is 9.47 Å². The maximum Gasteiger partial charge on any atom is 0.255 e. The monoisotopic (exact) mass is 353 g/mol. The number of amides is 1. The Bertz CT molecular complexity index is 778. The van der Waals surface area contributed by atoms with Crippen molar-refractivity contribution in [2.45, 2.75) is 13.8 Å². The average Bonchev–Trinajstić information content (AvgIpc) is 2.60. The molecule has 0 unspecified atom stereocenters. The molecule has 0 bridgehead atoms. The van der Waals surface area contributed by atoms with Crippen LogP contribution >= 0.6 is 0 Å². The van der Waals surface area contributed by atoms with E-state index in [2.05, 4.69) is 5.32 Å². The van der Waals surface area contributed by atoms with Crippen molar-refractivity contribution in [3.63, 3.8) is 0 Å². The molecule has 0 aliphatic rings. The molecule has 4 nitrogen and oxygen atoms in total. The normalized spacial score (nSPS) is 10.7. The molecule has 0 spiro atoms. The molecule has 0 atom stereocenters. The summed E-state index contributed by atoms with van der Waals surface area (Å²) in [6, 6.07) is 6.12. The van der Waals surface area contributed by atoms with Crippen LogP contribution in [-0.4, -0.2) is 19.6 Å². The first-order valence-corrected chi connectivity index (χ1v) is 7.59. The minimum Gasteiger partial charge on any atom is -0.493 e. The summed E-state index contributed by atoms with van der Waals surface area (Å²) in [7, 11) is 1.42. The highest BCUT2D eigenvalue weighted by Crippen LogP contribution is 2.29. The summed E-state index contributed by atoms with van der Waals surface area (Å²) in [6.45, 7) is 4.46. The van der Waals surface area contributed by atoms with Crippen LogP contribution in [0.15, 0.2) is 30.3 Å². The zero-order valence-electron chi connectivity index (χ0n) is 14.0. The summed E-state index contributed by atoms with van der Waals surface area (Å²) < 4.78 is 50.6. The van der Waals surface area contributed by atoms with Gasteiger partial charge in [-0.05, 0) is 36.2 Å². The van der Waals surface area contributed by atoms with Crippen LogP contribution in [0.5, 0.6) is 11.5 Å². The molecule has 2 rings (SSSR count). The standard InChI is InChI=1S/C18H18F3NO3/c1-10(2)9-25-14-7-4-11(8-15(14)24-3)18(23)22-13-6-5-12(19)16(20)17(13)21/h4-8,10H,9H2,1-3H3,(H,22,23). The third kappa shape index (κ3) is 4.43. The van der Waals surface area contributed by atoms with Gasteiger partial charge in [-0.3, -0.25) is 4.79 Å². The molecule has 0 heterocycles. The quantitative estimate of drug-likeness (QED) is 0.783. The number of carbonyl (C=O) groups is 1. The fourth-order valence-electron chi connectivity index (χ4n) is 2.00. The number of anilines is 1. The van der Waals surface area contributed by atoms with Crippen molar-refractivity contribution in [1.29, 1.82) is 0 Å². The highest BCUT2D eigenvalue weighted by atomic mass is 19.2. The first-order chi connectivity index (χ1) is 11.8. The summed E-state index contributed by atoms with van der Waals surface area (Å²) in [5.41, 5.74) is -0.305. The van der Waals surface area contributed by atoms with Crippen molar-refractivity contribution >= 4 is 11.6 Å². The Morgan fingerprint density at radius 2 is 1.80 bits per heavy atom. The number of hydrogen-bond donors (Lipinski definition) is 1. The summed E-state index contributed by atoms with van der Waals surface area (Å²) >= 11 is 0. The van der Waals surface area contributed by atoms with Crippen molar-refractivity contribution < 1.29 is 27.4 Å². The van der Waals surface area contributed by atoms with Crippen molar-refractivity contribution in [2.75, 3.05) is 19.0 Å². The van der Waals surface area contributed by atoms with E-state index in [1.807, 2.05) is 13.8 Å². The second-order valence-electron chi connectivity index (χ2n) is 5.75. The van der Waals surface area contributed by atoms with Gasteiger partial charge in [0.1, 0.15) is 0 Å². The van der Waals surface area contributed by atoms with Crippen molar-refractivity contribution in [1.82, 2.24) is 0 Å². The van der Waals surface area contributed by atoms with Gasteiger partial charge in [-0.15, -0.1) is 0 Å². The molecule has 0 aliphatic heterocycles. The Kier molecular flexibility index (Phi) is 5.90. The zero-order chi connectivity index (χ0) is 18.6. The molecular weight excluding hydrogens is 335 g/mol. The lowest BCUT2D eigenvalue weighted by molar-refractivity contribution is 0.102. The first kappa shape index (κ1) is 18.6. The van der Waals surface area contributed by atoms with Gasteiger partial charge in [0, 0.05) is 5.56 Å². The number of methoxy groups -OCH3 is 1. The summed E-state index contributed by atoms with van der Waals surface area (Å²) in [4.78, 5) is 12.2. The fraction of sp³-hybridized carbons (Fsp3) is 0.278. The maximum atomic E-state index is 13.6. The summed E-state index contributed by atoms with van der Waals surface area (Å²) in [5, 5.41) is 2.20. The molecule has 2 aromatic rings. The van der Waals surface area contributed by atoms with Crippen LogP contribution in [0.3, 0.4) is 0 Å². The van der Waals surface area contributed by atoms with Crippen LogP contribution in [0.4, 0.5) is 18.9 Å². The SMILES string of the molecule is COc1cc(C(=O)Nc2ccc(F)c(F)c2F)ccc1OCC(C)C. The van der Waals surface area contributed by atoms with Crippen molar-refractivity contribution in [2.24, 2.45) is 5.92 Å². The van der Waals surface area contributed by atoms with Gasteiger partial charge in [0.15, 0.2) is 29.0 Å². The minimum atomic E-state index is -1.65. The number of benzene rings is 2. The van der Waals surface area contributed by atoms with Crippen molar-refractivity contribution in [3.05, 3.63) is 53.3 Å². The predicted octanol–water partition coefficient (Wildman–Crippen LogP) is 4.40. The molecule has 2 aromatic carbocycles. The van der Waals surface area contributed by atoms with Gasteiger partial charge in [0.05, 0.1) is 19.4 Å². The molecule has 7 heteroatoms. The number of ether oxygens (including phenoxy) is 2. The number of rotatable bonds is 6. The molecule has 134 valence electrons. The highest BCUT2D eigenvalue weighted by molar-refractivity contribution is 6.04. The molecule has 0 saturated carbocycles. The average molecular weight is 353 g/mol.